The molecule has 2 amide bonds. The molecular formula is C16H30N4O4. The van der Waals surface area contributed by atoms with E-state index in [-0.39, 0.29) is 23.9 Å². The van der Waals surface area contributed by atoms with Gasteiger partial charge in [-0.2, -0.15) is 0 Å². The van der Waals surface area contributed by atoms with E-state index in [1.54, 1.807) is 18.9 Å². The van der Waals surface area contributed by atoms with Gasteiger partial charge in [-0.15, -0.1) is 0 Å². The van der Waals surface area contributed by atoms with Crippen LogP contribution in [0.4, 0.5) is 0 Å². The number of carbonyl (C=O) groups is 3. The first-order valence-electron chi connectivity index (χ1n) is 8.24. The summed E-state index contributed by atoms with van der Waals surface area (Å²) in [5, 5.41) is 11.9. The average molecular weight is 342 g/mol. The maximum Gasteiger partial charge on any atom is 0.320 e. The lowest BCUT2D eigenvalue weighted by atomic mass is 10.1. The van der Waals surface area contributed by atoms with E-state index >= 15 is 0 Å². The molecule has 0 aromatic heterocycles. The number of carboxylic acid groups (broad SMARTS) is 1. The van der Waals surface area contributed by atoms with Crippen molar-refractivity contribution in [2.75, 3.05) is 46.3 Å². The van der Waals surface area contributed by atoms with Gasteiger partial charge < -0.3 is 15.3 Å². The summed E-state index contributed by atoms with van der Waals surface area (Å²) in [6.45, 7) is 10.2. The summed E-state index contributed by atoms with van der Waals surface area (Å²) in [4.78, 5) is 40.4. The van der Waals surface area contributed by atoms with Crippen LogP contribution in [0.2, 0.25) is 0 Å². The van der Waals surface area contributed by atoms with Gasteiger partial charge in [0.1, 0.15) is 6.04 Å². The van der Waals surface area contributed by atoms with Crippen LogP contribution in [0.3, 0.4) is 0 Å². The minimum Gasteiger partial charge on any atom is -0.480 e. The number of aliphatic carboxylic acids is 1. The summed E-state index contributed by atoms with van der Waals surface area (Å²) >= 11 is 0. The molecule has 1 heterocycles. The molecule has 0 aromatic carbocycles. The number of likely N-dealkylation sites (N-methyl/N-ethyl adjacent to an activating group) is 1. The van der Waals surface area contributed by atoms with Crippen LogP contribution in [0.15, 0.2) is 0 Å². The SMILES string of the molecule is CC(C(=O)O)N(C)CC(=O)N1CCN(CC(=O)NC(C)(C)C)CC1. The number of hydrogen-bond acceptors (Lipinski definition) is 5. The molecule has 0 aromatic rings. The highest BCUT2D eigenvalue weighted by molar-refractivity contribution is 5.80. The fraction of sp³-hybridized carbons (Fsp3) is 0.812. The molecule has 1 aliphatic rings. The number of rotatable bonds is 6. The van der Waals surface area contributed by atoms with E-state index in [0.29, 0.717) is 32.7 Å². The molecule has 0 aliphatic carbocycles. The minimum absolute atomic E-state index is 0.0164. The Morgan fingerprint density at radius 3 is 2.17 bits per heavy atom. The van der Waals surface area contributed by atoms with Crippen molar-refractivity contribution in [2.45, 2.75) is 39.3 Å². The Bertz CT molecular complexity index is 467. The molecule has 0 bridgehead atoms. The summed E-state index contributed by atoms with van der Waals surface area (Å²) in [5.74, 6) is -1.04. The van der Waals surface area contributed by atoms with Gasteiger partial charge in [0.25, 0.3) is 0 Å². The summed E-state index contributed by atoms with van der Waals surface area (Å²) < 4.78 is 0. The molecule has 0 saturated carbocycles. The van der Waals surface area contributed by atoms with Gasteiger partial charge in [0.05, 0.1) is 13.1 Å². The fourth-order valence-electron chi connectivity index (χ4n) is 2.46. The number of nitrogens with zero attached hydrogens (tertiary/aromatic N) is 3. The summed E-state index contributed by atoms with van der Waals surface area (Å²) in [6.07, 6.45) is 0. The molecule has 138 valence electrons. The number of hydrogen-bond donors (Lipinski definition) is 2. The van der Waals surface area contributed by atoms with Gasteiger partial charge in [-0.1, -0.05) is 0 Å². The Morgan fingerprint density at radius 2 is 1.71 bits per heavy atom. The number of carboxylic acids is 1. The largest absolute Gasteiger partial charge is 0.480 e. The average Bonchev–Trinajstić information content (AvgIpc) is 2.44. The zero-order chi connectivity index (χ0) is 18.5. The lowest BCUT2D eigenvalue weighted by Gasteiger charge is -2.35. The Labute approximate surface area is 143 Å². The molecule has 2 N–H and O–H groups in total. The zero-order valence-corrected chi connectivity index (χ0v) is 15.3. The standard InChI is InChI=1S/C16H30N4O4/c1-12(15(23)24)18(5)11-14(22)20-8-6-19(7-9-20)10-13(21)17-16(2,3)4/h12H,6-11H2,1-5H3,(H,17,21)(H,23,24). The van der Waals surface area contributed by atoms with E-state index in [4.69, 9.17) is 5.11 Å². The molecule has 8 heteroatoms. The quantitative estimate of drug-likeness (QED) is 0.673. The number of amides is 2. The second-order valence-electron chi connectivity index (χ2n) is 7.38. The second kappa shape index (κ2) is 8.43. The smallest absolute Gasteiger partial charge is 0.320 e. The van der Waals surface area contributed by atoms with E-state index in [9.17, 15) is 14.4 Å². The number of nitrogens with one attached hydrogen (secondary N) is 1. The highest BCUT2D eigenvalue weighted by Crippen LogP contribution is 2.05. The maximum absolute atomic E-state index is 12.2. The van der Waals surface area contributed by atoms with Crippen LogP contribution in [0.25, 0.3) is 0 Å². The second-order valence-corrected chi connectivity index (χ2v) is 7.38. The molecule has 0 radical (unpaired) electrons. The van der Waals surface area contributed by atoms with Crippen LogP contribution < -0.4 is 5.32 Å². The lowest BCUT2D eigenvalue weighted by Crippen LogP contribution is -2.54. The van der Waals surface area contributed by atoms with Crippen LogP contribution in [0, 0.1) is 0 Å². The van der Waals surface area contributed by atoms with E-state index in [1.807, 2.05) is 25.7 Å². The van der Waals surface area contributed by atoms with E-state index in [2.05, 4.69) is 5.32 Å². The van der Waals surface area contributed by atoms with Crippen molar-refractivity contribution < 1.29 is 19.5 Å². The van der Waals surface area contributed by atoms with Gasteiger partial charge in [-0.05, 0) is 34.7 Å². The topological polar surface area (TPSA) is 93.2 Å². The lowest BCUT2D eigenvalue weighted by molar-refractivity contribution is -0.143. The molecule has 1 aliphatic heterocycles. The van der Waals surface area contributed by atoms with Crippen molar-refractivity contribution in [2.24, 2.45) is 0 Å². The molecule has 0 spiro atoms. The predicted octanol–water partition coefficient (Wildman–Crippen LogP) is -0.550. The van der Waals surface area contributed by atoms with Crippen molar-refractivity contribution >= 4 is 17.8 Å². The highest BCUT2D eigenvalue weighted by Gasteiger charge is 2.26. The first-order valence-corrected chi connectivity index (χ1v) is 8.24. The van der Waals surface area contributed by atoms with Crippen LogP contribution in [0.1, 0.15) is 27.7 Å². The van der Waals surface area contributed by atoms with Crippen LogP contribution in [-0.4, -0.2) is 95.5 Å². The molecule has 1 atom stereocenters. The highest BCUT2D eigenvalue weighted by atomic mass is 16.4. The Morgan fingerprint density at radius 1 is 1.17 bits per heavy atom. The molecular weight excluding hydrogens is 312 g/mol. The monoisotopic (exact) mass is 342 g/mol. The van der Waals surface area contributed by atoms with Gasteiger partial charge in [-0.3, -0.25) is 24.2 Å². The third-order valence-corrected chi connectivity index (χ3v) is 4.01. The molecule has 1 saturated heterocycles. The fourth-order valence-corrected chi connectivity index (χ4v) is 2.46. The van der Waals surface area contributed by atoms with Gasteiger partial charge in [0.15, 0.2) is 0 Å². The molecule has 1 fully saturated rings. The Hall–Kier alpha value is -1.67. The summed E-state index contributed by atoms with van der Waals surface area (Å²) in [6, 6.07) is -0.698. The Balaban J connectivity index is 2.38. The summed E-state index contributed by atoms with van der Waals surface area (Å²) in [7, 11) is 1.63. The van der Waals surface area contributed by atoms with Gasteiger partial charge in [0, 0.05) is 31.7 Å². The van der Waals surface area contributed by atoms with E-state index in [0.717, 1.165) is 0 Å². The van der Waals surface area contributed by atoms with Crippen LogP contribution in [-0.2, 0) is 14.4 Å². The Kier molecular flexibility index (Phi) is 7.16. The van der Waals surface area contributed by atoms with Crippen LogP contribution in [0.5, 0.6) is 0 Å². The number of carbonyl (C=O) groups excluding carboxylic acids is 2. The van der Waals surface area contributed by atoms with Gasteiger partial charge in [0.2, 0.25) is 11.8 Å². The van der Waals surface area contributed by atoms with Gasteiger partial charge >= 0.3 is 5.97 Å². The maximum atomic E-state index is 12.2. The third kappa shape index (κ3) is 6.84. The van der Waals surface area contributed by atoms with Crippen molar-refractivity contribution in [3.8, 4) is 0 Å². The minimum atomic E-state index is -0.944. The summed E-state index contributed by atoms with van der Waals surface area (Å²) in [5.41, 5.74) is -0.250. The first-order chi connectivity index (χ1) is 11.0. The molecule has 8 nitrogen and oxygen atoms in total. The normalized spacial score (nSPS) is 17.7. The van der Waals surface area contributed by atoms with E-state index < -0.39 is 12.0 Å². The van der Waals surface area contributed by atoms with Crippen molar-refractivity contribution in [1.29, 1.82) is 0 Å². The van der Waals surface area contributed by atoms with Crippen molar-refractivity contribution in [3.05, 3.63) is 0 Å². The van der Waals surface area contributed by atoms with Crippen molar-refractivity contribution in [1.82, 2.24) is 20.0 Å². The third-order valence-electron chi connectivity index (χ3n) is 4.01. The van der Waals surface area contributed by atoms with Crippen molar-refractivity contribution in [3.63, 3.8) is 0 Å². The van der Waals surface area contributed by atoms with Gasteiger partial charge in [-0.25, -0.2) is 0 Å². The molecule has 24 heavy (non-hydrogen) atoms. The molecule has 1 rings (SSSR count). The van der Waals surface area contributed by atoms with E-state index in [1.165, 1.54) is 4.90 Å². The first kappa shape index (κ1) is 20.4. The predicted molar refractivity (Wildman–Crippen MR) is 90.6 cm³/mol. The van der Waals surface area contributed by atoms with Crippen LogP contribution >= 0.6 is 0 Å². The number of piperazine rings is 1. The zero-order valence-electron chi connectivity index (χ0n) is 15.3. The molecule has 1 unspecified atom stereocenters.